The average molecular weight is 312 g/mol. The van der Waals surface area contributed by atoms with Crippen molar-refractivity contribution in [3.63, 3.8) is 0 Å². The molecule has 0 spiro atoms. The minimum Gasteiger partial charge on any atom is -0.311 e. The first-order valence-corrected chi connectivity index (χ1v) is 7.54. The van der Waals surface area contributed by atoms with Crippen molar-refractivity contribution in [2.45, 2.75) is 13.5 Å². The Labute approximate surface area is 133 Å². The summed E-state index contributed by atoms with van der Waals surface area (Å²) in [6.45, 7) is 3.12. The van der Waals surface area contributed by atoms with Gasteiger partial charge in [-0.3, -0.25) is 14.7 Å². The quantitative estimate of drug-likeness (QED) is 0.791. The normalized spacial score (nSPS) is 11.5. The van der Waals surface area contributed by atoms with Crippen LogP contribution in [0.15, 0.2) is 46.0 Å². The van der Waals surface area contributed by atoms with Crippen LogP contribution in [0.4, 0.5) is 0 Å². The van der Waals surface area contributed by atoms with Crippen LogP contribution in [-0.4, -0.2) is 39.9 Å². The van der Waals surface area contributed by atoms with Gasteiger partial charge in [-0.15, -0.1) is 0 Å². The highest BCUT2D eigenvalue weighted by Crippen LogP contribution is 2.13. The molecule has 6 heteroatoms. The summed E-state index contributed by atoms with van der Waals surface area (Å²) in [4.78, 5) is 27.1. The van der Waals surface area contributed by atoms with Gasteiger partial charge < -0.3 is 9.47 Å². The highest BCUT2D eigenvalue weighted by atomic mass is 16.1. The molecule has 0 saturated heterocycles. The Morgan fingerprint density at radius 2 is 1.83 bits per heavy atom. The molecule has 0 radical (unpaired) electrons. The van der Waals surface area contributed by atoms with Crippen molar-refractivity contribution in [2.75, 3.05) is 20.6 Å². The van der Waals surface area contributed by atoms with Crippen LogP contribution in [0.2, 0.25) is 0 Å². The Hall–Kier alpha value is -2.60. The van der Waals surface area contributed by atoms with Gasteiger partial charge in [-0.2, -0.15) is 0 Å². The Kier molecular flexibility index (Phi) is 3.92. The van der Waals surface area contributed by atoms with E-state index in [2.05, 4.69) is 5.10 Å². The van der Waals surface area contributed by atoms with Crippen molar-refractivity contribution in [3.05, 3.63) is 62.8 Å². The number of aromatic nitrogens is 3. The molecule has 3 aromatic rings. The summed E-state index contributed by atoms with van der Waals surface area (Å²) in [5.74, 6) is 0. The third-order valence-electron chi connectivity index (χ3n) is 4.00. The molecule has 120 valence electrons. The molecule has 0 aliphatic carbocycles. The van der Waals surface area contributed by atoms with Crippen LogP contribution in [-0.2, 0) is 6.54 Å². The summed E-state index contributed by atoms with van der Waals surface area (Å²) in [5, 5.41) is 3.60. The molecule has 2 heterocycles. The van der Waals surface area contributed by atoms with Crippen molar-refractivity contribution < 1.29 is 0 Å². The van der Waals surface area contributed by atoms with E-state index in [4.69, 9.17) is 0 Å². The van der Waals surface area contributed by atoms with Crippen LogP contribution in [0.3, 0.4) is 0 Å². The smallest absolute Gasteiger partial charge is 0.280 e. The molecule has 23 heavy (non-hydrogen) atoms. The van der Waals surface area contributed by atoms with E-state index in [1.54, 1.807) is 4.57 Å². The van der Waals surface area contributed by atoms with E-state index in [9.17, 15) is 9.59 Å². The second-order valence-corrected chi connectivity index (χ2v) is 5.90. The molecule has 0 aliphatic rings. The Morgan fingerprint density at radius 1 is 1.13 bits per heavy atom. The number of aryl methyl sites for hydroxylation is 1. The van der Waals surface area contributed by atoms with Gasteiger partial charge in [0, 0.05) is 24.8 Å². The maximum Gasteiger partial charge on any atom is 0.280 e. The molecule has 0 bridgehead atoms. The third-order valence-corrected chi connectivity index (χ3v) is 4.00. The summed E-state index contributed by atoms with van der Waals surface area (Å²) in [6.07, 6.45) is 0. The molecule has 0 unspecified atom stereocenters. The van der Waals surface area contributed by atoms with Gasteiger partial charge in [-0.05, 0) is 33.2 Å². The summed E-state index contributed by atoms with van der Waals surface area (Å²) < 4.78 is 3.14. The lowest BCUT2D eigenvalue weighted by Gasteiger charge is -2.13. The molecule has 6 nitrogen and oxygen atoms in total. The fraction of sp³-hybridized carbons (Fsp3) is 0.294. The lowest BCUT2D eigenvalue weighted by atomic mass is 10.2. The zero-order valence-electron chi connectivity index (χ0n) is 13.5. The number of aromatic amines is 1. The molecule has 1 N–H and O–H groups in total. The second kappa shape index (κ2) is 5.89. The number of pyridine rings is 1. The molecule has 3 rings (SSSR count). The van der Waals surface area contributed by atoms with Gasteiger partial charge in [0.2, 0.25) is 0 Å². The van der Waals surface area contributed by atoms with Crippen LogP contribution in [0, 0.1) is 6.92 Å². The molecule has 0 fully saturated rings. The van der Waals surface area contributed by atoms with Gasteiger partial charge in [-0.25, -0.2) is 4.68 Å². The second-order valence-electron chi connectivity index (χ2n) is 5.90. The van der Waals surface area contributed by atoms with Crippen LogP contribution in [0.25, 0.3) is 16.6 Å². The van der Waals surface area contributed by atoms with E-state index in [1.165, 1.54) is 10.7 Å². The SMILES string of the molecule is Cc1c2c(=O)n(-c3ccccc3)[nH]c2cc(=O)n1CCN(C)C. The predicted molar refractivity (Wildman–Crippen MR) is 91.4 cm³/mol. The van der Waals surface area contributed by atoms with Crippen molar-refractivity contribution >= 4 is 10.9 Å². The van der Waals surface area contributed by atoms with E-state index in [0.717, 1.165) is 12.2 Å². The number of para-hydroxylation sites is 1. The van der Waals surface area contributed by atoms with E-state index in [0.29, 0.717) is 23.1 Å². The van der Waals surface area contributed by atoms with Gasteiger partial charge >= 0.3 is 0 Å². The average Bonchev–Trinajstić information content (AvgIpc) is 2.84. The lowest BCUT2D eigenvalue weighted by molar-refractivity contribution is 0.379. The number of hydrogen-bond acceptors (Lipinski definition) is 3. The van der Waals surface area contributed by atoms with Gasteiger partial charge in [0.25, 0.3) is 11.1 Å². The van der Waals surface area contributed by atoms with Crippen molar-refractivity contribution in [1.29, 1.82) is 0 Å². The highest BCUT2D eigenvalue weighted by molar-refractivity contribution is 5.80. The minimum atomic E-state index is -0.137. The zero-order valence-corrected chi connectivity index (χ0v) is 13.5. The van der Waals surface area contributed by atoms with Gasteiger partial charge in [0.15, 0.2) is 0 Å². The Balaban J connectivity index is 2.20. The van der Waals surface area contributed by atoms with Crippen LogP contribution in [0.1, 0.15) is 5.69 Å². The summed E-state index contributed by atoms with van der Waals surface area (Å²) in [5.41, 5.74) is 1.79. The van der Waals surface area contributed by atoms with Gasteiger partial charge in [0.05, 0.1) is 16.6 Å². The number of H-pyrrole nitrogens is 1. The number of fused-ring (bicyclic) bond motifs is 1. The Morgan fingerprint density at radius 3 is 2.48 bits per heavy atom. The van der Waals surface area contributed by atoms with Crippen molar-refractivity contribution in [3.8, 4) is 5.69 Å². The van der Waals surface area contributed by atoms with Gasteiger partial charge in [-0.1, -0.05) is 18.2 Å². The van der Waals surface area contributed by atoms with E-state index >= 15 is 0 Å². The van der Waals surface area contributed by atoms with Gasteiger partial charge in [0.1, 0.15) is 0 Å². The van der Waals surface area contributed by atoms with Crippen LogP contribution >= 0.6 is 0 Å². The monoisotopic (exact) mass is 312 g/mol. The number of hydrogen-bond donors (Lipinski definition) is 1. The molecule has 1 aromatic carbocycles. The summed E-state index contributed by atoms with van der Waals surface area (Å²) >= 11 is 0. The fourth-order valence-electron chi connectivity index (χ4n) is 2.75. The number of nitrogens with zero attached hydrogens (tertiary/aromatic N) is 3. The minimum absolute atomic E-state index is 0.0988. The molecular weight excluding hydrogens is 292 g/mol. The van der Waals surface area contributed by atoms with Crippen LogP contribution < -0.4 is 11.1 Å². The fourth-order valence-corrected chi connectivity index (χ4v) is 2.75. The van der Waals surface area contributed by atoms with E-state index in [1.807, 2.05) is 56.3 Å². The topological polar surface area (TPSA) is 63.0 Å². The highest BCUT2D eigenvalue weighted by Gasteiger charge is 2.14. The summed E-state index contributed by atoms with van der Waals surface area (Å²) in [6, 6.07) is 10.8. The van der Waals surface area contributed by atoms with Crippen LogP contribution in [0.5, 0.6) is 0 Å². The molecule has 0 aliphatic heterocycles. The van der Waals surface area contributed by atoms with Crippen molar-refractivity contribution in [1.82, 2.24) is 19.2 Å². The molecule has 0 amide bonds. The standard InChI is InChI=1S/C17H20N4O2/c1-12-16-14(11-15(22)20(12)10-9-19(2)3)18-21(17(16)23)13-7-5-4-6-8-13/h4-8,11,18H,9-10H2,1-3H3. The lowest BCUT2D eigenvalue weighted by Crippen LogP contribution is -2.28. The number of benzene rings is 1. The molecule has 0 atom stereocenters. The van der Waals surface area contributed by atoms with E-state index < -0.39 is 0 Å². The maximum atomic E-state index is 12.8. The summed E-state index contributed by atoms with van der Waals surface area (Å²) in [7, 11) is 3.91. The Bertz CT molecular complexity index is 948. The number of nitrogens with one attached hydrogen (secondary N) is 1. The molecule has 0 saturated carbocycles. The number of likely N-dealkylation sites (N-methyl/N-ethyl adjacent to an activating group) is 1. The predicted octanol–water partition coefficient (Wildman–Crippen LogP) is 1.35. The first-order valence-electron chi connectivity index (χ1n) is 7.54. The largest absolute Gasteiger partial charge is 0.311 e. The van der Waals surface area contributed by atoms with E-state index in [-0.39, 0.29) is 11.1 Å². The zero-order chi connectivity index (χ0) is 16.6. The number of rotatable bonds is 4. The van der Waals surface area contributed by atoms with Crippen molar-refractivity contribution in [2.24, 2.45) is 0 Å². The first kappa shape index (κ1) is 15.3. The maximum absolute atomic E-state index is 12.8. The molecular formula is C17H20N4O2. The molecule has 2 aromatic heterocycles. The third kappa shape index (κ3) is 2.73. The first-order chi connectivity index (χ1) is 11.0.